The summed E-state index contributed by atoms with van der Waals surface area (Å²) in [5.41, 5.74) is 0.365. The SMILES string of the molecule is CC(=O)C1CCC(C)(C(C)C)CNC1. The first kappa shape index (κ1) is 11.7. The summed E-state index contributed by atoms with van der Waals surface area (Å²) >= 11 is 0. The van der Waals surface area contributed by atoms with Crippen molar-refractivity contribution in [3.63, 3.8) is 0 Å². The Morgan fingerprint density at radius 3 is 2.64 bits per heavy atom. The minimum Gasteiger partial charge on any atom is -0.315 e. The first-order chi connectivity index (χ1) is 6.46. The van der Waals surface area contributed by atoms with Gasteiger partial charge in [0.05, 0.1) is 0 Å². The standard InChI is InChI=1S/C12H23NO/c1-9(2)12(4)6-5-11(10(3)14)7-13-8-12/h9,11,13H,5-8H2,1-4H3. The maximum absolute atomic E-state index is 11.3. The molecule has 1 rings (SSSR count). The number of carbonyl (C=O) groups excluding carboxylic acids is 1. The second-order valence-electron chi connectivity index (χ2n) is 5.29. The largest absolute Gasteiger partial charge is 0.315 e. The van der Waals surface area contributed by atoms with Crippen molar-refractivity contribution >= 4 is 5.78 Å². The van der Waals surface area contributed by atoms with Gasteiger partial charge in [0.15, 0.2) is 0 Å². The molecule has 0 spiro atoms. The van der Waals surface area contributed by atoms with Gasteiger partial charge in [-0.05, 0) is 31.1 Å². The average Bonchev–Trinajstić information content (AvgIpc) is 2.28. The van der Waals surface area contributed by atoms with E-state index in [0.29, 0.717) is 17.1 Å². The first-order valence-electron chi connectivity index (χ1n) is 5.67. The van der Waals surface area contributed by atoms with E-state index in [9.17, 15) is 4.79 Å². The van der Waals surface area contributed by atoms with E-state index in [2.05, 4.69) is 26.1 Å². The molecular formula is C12H23NO. The molecule has 0 bridgehead atoms. The summed E-state index contributed by atoms with van der Waals surface area (Å²) in [6.45, 7) is 10.5. The van der Waals surface area contributed by atoms with Crippen molar-refractivity contribution in [1.82, 2.24) is 5.32 Å². The number of hydrogen-bond acceptors (Lipinski definition) is 2. The molecule has 2 unspecified atom stereocenters. The van der Waals surface area contributed by atoms with Crippen molar-refractivity contribution < 1.29 is 4.79 Å². The monoisotopic (exact) mass is 197 g/mol. The van der Waals surface area contributed by atoms with Crippen molar-refractivity contribution in [2.24, 2.45) is 17.3 Å². The molecule has 0 aromatic rings. The van der Waals surface area contributed by atoms with Gasteiger partial charge in [0.2, 0.25) is 0 Å². The highest BCUT2D eigenvalue weighted by Gasteiger charge is 2.32. The summed E-state index contributed by atoms with van der Waals surface area (Å²) in [4.78, 5) is 11.3. The van der Waals surface area contributed by atoms with Crippen LogP contribution >= 0.6 is 0 Å². The van der Waals surface area contributed by atoms with E-state index in [1.165, 1.54) is 6.42 Å². The number of carbonyl (C=O) groups is 1. The molecule has 1 fully saturated rings. The molecule has 0 amide bonds. The predicted molar refractivity (Wildman–Crippen MR) is 59.2 cm³/mol. The Hall–Kier alpha value is -0.370. The maximum atomic E-state index is 11.3. The van der Waals surface area contributed by atoms with E-state index >= 15 is 0 Å². The molecule has 1 saturated heterocycles. The van der Waals surface area contributed by atoms with Crippen LogP contribution in [0.1, 0.15) is 40.5 Å². The lowest BCUT2D eigenvalue weighted by atomic mass is 9.75. The van der Waals surface area contributed by atoms with Crippen LogP contribution in [0.15, 0.2) is 0 Å². The van der Waals surface area contributed by atoms with Gasteiger partial charge in [-0.1, -0.05) is 20.8 Å². The molecule has 14 heavy (non-hydrogen) atoms. The fourth-order valence-electron chi connectivity index (χ4n) is 2.07. The number of Topliss-reactive ketones (excluding diaryl/α,β-unsaturated/α-hetero) is 1. The fourth-order valence-corrected chi connectivity index (χ4v) is 2.07. The number of ketones is 1. The van der Waals surface area contributed by atoms with E-state index in [0.717, 1.165) is 19.5 Å². The Balaban J connectivity index is 2.60. The summed E-state index contributed by atoms with van der Waals surface area (Å²) in [6.07, 6.45) is 2.22. The van der Waals surface area contributed by atoms with Crippen LogP contribution in [0.2, 0.25) is 0 Å². The van der Waals surface area contributed by atoms with Gasteiger partial charge in [-0.3, -0.25) is 4.79 Å². The van der Waals surface area contributed by atoms with Crippen LogP contribution in [-0.4, -0.2) is 18.9 Å². The fraction of sp³-hybridized carbons (Fsp3) is 0.917. The summed E-state index contributed by atoms with van der Waals surface area (Å²) in [7, 11) is 0. The molecule has 1 aliphatic rings. The third-order valence-corrected chi connectivity index (χ3v) is 3.95. The third kappa shape index (κ3) is 2.57. The van der Waals surface area contributed by atoms with Gasteiger partial charge < -0.3 is 5.32 Å². The van der Waals surface area contributed by atoms with E-state index < -0.39 is 0 Å². The van der Waals surface area contributed by atoms with Gasteiger partial charge in [0, 0.05) is 19.0 Å². The summed E-state index contributed by atoms with van der Waals surface area (Å²) in [6, 6.07) is 0. The predicted octanol–water partition coefficient (Wildman–Crippen LogP) is 2.24. The van der Waals surface area contributed by atoms with Gasteiger partial charge in [0.25, 0.3) is 0 Å². The summed E-state index contributed by atoms with van der Waals surface area (Å²) in [5, 5.41) is 3.43. The van der Waals surface area contributed by atoms with Gasteiger partial charge in [0.1, 0.15) is 5.78 Å². The zero-order chi connectivity index (χ0) is 10.8. The van der Waals surface area contributed by atoms with E-state index in [-0.39, 0.29) is 5.92 Å². The van der Waals surface area contributed by atoms with Gasteiger partial charge in [-0.25, -0.2) is 0 Å². The van der Waals surface area contributed by atoms with Crippen LogP contribution in [0.3, 0.4) is 0 Å². The second kappa shape index (κ2) is 4.43. The molecule has 0 aromatic carbocycles. The Bertz CT molecular complexity index is 212. The Kier molecular flexibility index (Phi) is 3.71. The Labute approximate surface area is 87.5 Å². The molecule has 1 aliphatic heterocycles. The number of rotatable bonds is 2. The number of nitrogens with one attached hydrogen (secondary N) is 1. The minimum absolute atomic E-state index is 0.246. The number of hydrogen-bond donors (Lipinski definition) is 1. The molecule has 0 radical (unpaired) electrons. The molecule has 2 heteroatoms. The highest BCUT2D eigenvalue weighted by Crippen LogP contribution is 2.34. The maximum Gasteiger partial charge on any atom is 0.134 e. The van der Waals surface area contributed by atoms with Crippen molar-refractivity contribution in [2.75, 3.05) is 13.1 Å². The topological polar surface area (TPSA) is 29.1 Å². The van der Waals surface area contributed by atoms with Crippen LogP contribution in [-0.2, 0) is 4.79 Å². The zero-order valence-electron chi connectivity index (χ0n) is 9.89. The van der Waals surface area contributed by atoms with Crippen LogP contribution in [0, 0.1) is 17.3 Å². The van der Waals surface area contributed by atoms with Crippen molar-refractivity contribution in [3.05, 3.63) is 0 Å². The van der Waals surface area contributed by atoms with E-state index in [4.69, 9.17) is 0 Å². The Morgan fingerprint density at radius 2 is 2.14 bits per heavy atom. The van der Waals surface area contributed by atoms with Gasteiger partial charge in [-0.2, -0.15) is 0 Å². The molecule has 82 valence electrons. The molecular weight excluding hydrogens is 174 g/mol. The third-order valence-electron chi connectivity index (χ3n) is 3.95. The zero-order valence-corrected chi connectivity index (χ0v) is 9.89. The smallest absolute Gasteiger partial charge is 0.134 e. The molecule has 0 aliphatic carbocycles. The molecule has 2 atom stereocenters. The minimum atomic E-state index is 0.246. The van der Waals surface area contributed by atoms with Crippen LogP contribution in [0.25, 0.3) is 0 Å². The highest BCUT2D eigenvalue weighted by atomic mass is 16.1. The summed E-state index contributed by atoms with van der Waals surface area (Å²) in [5.74, 6) is 1.27. The van der Waals surface area contributed by atoms with E-state index in [1.807, 2.05) is 0 Å². The van der Waals surface area contributed by atoms with E-state index in [1.54, 1.807) is 6.92 Å². The Morgan fingerprint density at radius 1 is 1.50 bits per heavy atom. The highest BCUT2D eigenvalue weighted by molar-refractivity contribution is 5.78. The normalized spacial score (nSPS) is 34.2. The molecule has 2 nitrogen and oxygen atoms in total. The van der Waals surface area contributed by atoms with Gasteiger partial charge in [-0.15, -0.1) is 0 Å². The van der Waals surface area contributed by atoms with Gasteiger partial charge >= 0.3 is 0 Å². The molecule has 0 aromatic heterocycles. The van der Waals surface area contributed by atoms with Crippen LogP contribution in [0.5, 0.6) is 0 Å². The first-order valence-corrected chi connectivity index (χ1v) is 5.67. The van der Waals surface area contributed by atoms with Crippen molar-refractivity contribution in [3.8, 4) is 0 Å². The van der Waals surface area contributed by atoms with Crippen molar-refractivity contribution in [2.45, 2.75) is 40.5 Å². The van der Waals surface area contributed by atoms with Crippen molar-refractivity contribution in [1.29, 1.82) is 0 Å². The lowest BCUT2D eigenvalue weighted by Crippen LogP contribution is -2.34. The van der Waals surface area contributed by atoms with Crippen LogP contribution < -0.4 is 5.32 Å². The lowest BCUT2D eigenvalue weighted by Gasteiger charge is -2.32. The molecule has 1 N–H and O–H groups in total. The molecule has 1 heterocycles. The average molecular weight is 197 g/mol. The quantitative estimate of drug-likeness (QED) is 0.735. The molecule has 0 saturated carbocycles. The lowest BCUT2D eigenvalue weighted by molar-refractivity contribution is -0.120. The van der Waals surface area contributed by atoms with Crippen LogP contribution in [0.4, 0.5) is 0 Å². The summed E-state index contributed by atoms with van der Waals surface area (Å²) < 4.78 is 0. The second-order valence-corrected chi connectivity index (χ2v) is 5.29.